The molecule has 0 aromatic rings. The molecule has 1 aliphatic carbocycles. The number of hydrogen-bond acceptors (Lipinski definition) is 1. The van der Waals surface area contributed by atoms with Crippen molar-refractivity contribution in [2.75, 3.05) is 19.8 Å². The Morgan fingerprint density at radius 3 is 2.40 bits per heavy atom. The zero-order valence-corrected chi connectivity index (χ0v) is 13.4. The first kappa shape index (κ1) is 16.2. The molecule has 1 saturated heterocycles. The van der Waals surface area contributed by atoms with Crippen molar-refractivity contribution in [3.05, 3.63) is 0 Å². The average molecular weight is 287 g/mol. The molecule has 20 heavy (non-hydrogen) atoms. The second-order valence-electron chi connectivity index (χ2n) is 7.49. The largest absolute Gasteiger partial charge is 0.297 e. The third-order valence-electron chi connectivity index (χ3n) is 5.78. The van der Waals surface area contributed by atoms with Gasteiger partial charge in [-0.3, -0.25) is 4.90 Å². The summed E-state index contributed by atoms with van der Waals surface area (Å²) >= 11 is 0. The molecular formula is C17H31F2N. The summed E-state index contributed by atoms with van der Waals surface area (Å²) in [5.74, 6) is 0.884. The summed E-state index contributed by atoms with van der Waals surface area (Å²) in [6, 6.07) is 0.244. The first-order chi connectivity index (χ1) is 9.46. The lowest BCUT2D eigenvalue weighted by molar-refractivity contribution is 0.0441. The van der Waals surface area contributed by atoms with Crippen molar-refractivity contribution in [2.45, 2.75) is 77.4 Å². The van der Waals surface area contributed by atoms with Crippen LogP contribution in [0.15, 0.2) is 0 Å². The quantitative estimate of drug-likeness (QED) is 0.653. The van der Waals surface area contributed by atoms with Crippen LogP contribution in [0.5, 0.6) is 0 Å². The molecule has 2 aliphatic rings. The molecule has 2 fully saturated rings. The first-order valence-electron chi connectivity index (χ1n) is 8.45. The molecule has 2 rings (SSSR count). The highest BCUT2D eigenvalue weighted by Crippen LogP contribution is 2.51. The van der Waals surface area contributed by atoms with Crippen LogP contribution in [0.4, 0.5) is 8.78 Å². The lowest BCUT2D eigenvalue weighted by atomic mass is 9.59. The Bertz CT molecular complexity index is 314. The molecule has 0 N–H and O–H groups in total. The third kappa shape index (κ3) is 3.35. The zero-order valence-electron chi connectivity index (χ0n) is 13.4. The summed E-state index contributed by atoms with van der Waals surface area (Å²) < 4.78 is 27.0. The maximum Gasteiger partial charge on any atom is 0.153 e. The van der Waals surface area contributed by atoms with Crippen LogP contribution >= 0.6 is 0 Å². The molecule has 1 saturated carbocycles. The molecule has 3 heteroatoms. The number of likely N-dealkylation sites (tertiary alicyclic amines) is 1. The van der Waals surface area contributed by atoms with Crippen LogP contribution in [0, 0.1) is 11.3 Å². The SMILES string of the molecule is CCC1CC(F)(CF)CN1CCC[C@]1(CC)C[C@@H](C)C1. The minimum absolute atomic E-state index is 0.244. The van der Waals surface area contributed by atoms with Crippen molar-refractivity contribution in [1.29, 1.82) is 0 Å². The van der Waals surface area contributed by atoms with Crippen molar-refractivity contribution in [1.82, 2.24) is 4.90 Å². The van der Waals surface area contributed by atoms with E-state index in [1.807, 2.05) is 0 Å². The fourth-order valence-electron chi connectivity index (χ4n) is 4.62. The van der Waals surface area contributed by atoms with Crippen molar-refractivity contribution in [3.63, 3.8) is 0 Å². The molecule has 0 amide bonds. The van der Waals surface area contributed by atoms with E-state index in [-0.39, 0.29) is 6.04 Å². The molecular weight excluding hydrogens is 256 g/mol. The Morgan fingerprint density at radius 2 is 1.90 bits per heavy atom. The highest BCUT2D eigenvalue weighted by molar-refractivity contribution is 4.97. The minimum atomic E-state index is -1.58. The molecule has 1 heterocycles. The lowest BCUT2D eigenvalue weighted by Gasteiger charge is -2.47. The Hall–Kier alpha value is -0.180. The van der Waals surface area contributed by atoms with Gasteiger partial charge in [-0.1, -0.05) is 27.2 Å². The van der Waals surface area contributed by atoms with E-state index >= 15 is 0 Å². The van der Waals surface area contributed by atoms with E-state index < -0.39 is 12.3 Å². The summed E-state index contributed by atoms with van der Waals surface area (Å²) in [5.41, 5.74) is -1.01. The predicted molar refractivity (Wildman–Crippen MR) is 80.4 cm³/mol. The Morgan fingerprint density at radius 1 is 1.20 bits per heavy atom. The van der Waals surface area contributed by atoms with Gasteiger partial charge in [-0.15, -0.1) is 0 Å². The van der Waals surface area contributed by atoms with Gasteiger partial charge < -0.3 is 0 Å². The van der Waals surface area contributed by atoms with Gasteiger partial charge in [0.2, 0.25) is 0 Å². The molecule has 2 unspecified atom stereocenters. The molecule has 0 aromatic carbocycles. The second kappa shape index (κ2) is 6.29. The van der Waals surface area contributed by atoms with Crippen LogP contribution in [0.1, 0.15) is 65.7 Å². The van der Waals surface area contributed by atoms with E-state index in [1.165, 1.54) is 25.7 Å². The monoisotopic (exact) mass is 287 g/mol. The minimum Gasteiger partial charge on any atom is -0.297 e. The molecule has 0 aromatic heterocycles. The van der Waals surface area contributed by atoms with Gasteiger partial charge in [-0.2, -0.15) is 0 Å². The average Bonchev–Trinajstić information content (AvgIpc) is 2.73. The smallest absolute Gasteiger partial charge is 0.153 e. The summed E-state index contributed by atoms with van der Waals surface area (Å²) in [4.78, 5) is 2.20. The van der Waals surface area contributed by atoms with Crippen LogP contribution in [0.3, 0.4) is 0 Å². The Kier molecular flexibility index (Phi) is 5.09. The van der Waals surface area contributed by atoms with E-state index in [1.54, 1.807) is 0 Å². The maximum atomic E-state index is 14.2. The van der Waals surface area contributed by atoms with Gasteiger partial charge in [0.1, 0.15) is 6.67 Å². The van der Waals surface area contributed by atoms with Crippen LogP contribution in [-0.2, 0) is 0 Å². The predicted octanol–water partition coefficient (Wildman–Crippen LogP) is 4.76. The van der Waals surface area contributed by atoms with Crippen LogP contribution in [0.2, 0.25) is 0 Å². The van der Waals surface area contributed by atoms with Gasteiger partial charge in [0.05, 0.1) is 0 Å². The summed E-state index contributed by atoms with van der Waals surface area (Å²) in [5, 5.41) is 0. The highest BCUT2D eigenvalue weighted by Gasteiger charge is 2.44. The van der Waals surface area contributed by atoms with Gasteiger partial charge in [0, 0.05) is 19.0 Å². The van der Waals surface area contributed by atoms with Gasteiger partial charge in [-0.05, 0) is 50.0 Å². The van der Waals surface area contributed by atoms with Crippen LogP contribution in [0.25, 0.3) is 0 Å². The van der Waals surface area contributed by atoms with E-state index in [0.29, 0.717) is 18.4 Å². The summed E-state index contributed by atoms with van der Waals surface area (Å²) in [6.45, 7) is 7.14. The number of alkyl halides is 2. The molecule has 0 spiro atoms. The highest BCUT2D eigenvalue weighted by atomic mass is 19.2. The Labute approximate surface area is 123 Å². The van der Waals surface area contributed by atoms with Crippen molar-refractivity contribution >= 4 is 0 Å². The van der Waals surface area contributed by atoms with Gasteiger partial charge in [-0.25, -0.2) is 8.78 Å². The molecule has 1 aliphatic heterocycles. The van der Waals surface area contributed by atoms with E-state index in [9.17, 15) is 8.78 Å². The second-order valence-corrected chi connectivity index (χ2v) is 7.49. The first-order valence-corrected chi connectivity index (χ1v) is 8.45. The maximum absolute atomic E-state index is 14.2. The van der Waals surface area contributed by atoms with Gasteiger partial charge in [0.15, 0.2) is 5.67 Å². The number of hydrogen-bond donors (Lipinski definition) is 0. The van der Waals surface area contributed by atoms with E-state index in [4.69, 9.17) is 0 Å². The topological polar surface area (TPSA) is 3.24 Å². The number of nitrogens with zero attached hydrogens (tertiary/aromatic N) is 1. The fourth-order valence-corrected chi connectivity index (χ4v) is 4.62. The number of halogens is 2. The van der Waals surface area contributed by atoms with Crippen molar-refractivity contribution in [2.24, 2.45) is 11.3 Å². The zero-order chi connectivity index (χ0) is 14.8. The molecule has 2 atom stereocenters. The van der Waals surface area contributed by atoms with E-state index in [2.05, 4.69) is 25.7 Å². The van der Waals surface area contributed by atoms with Crippen LogP contribution < -0.4 is 0 Å². The van der Waals surface area contributed by atoms with Gasteiger partial charge in [0.25, 0.3) is 0 Å². The van der Waals surface area contributed by atoms with E-state index in [0.717, 1.165) is 25.3 Å². The van der Waals surface area contributed by atoms with Crippen molar-refractivity contribution in [3.8, 4) is 0 Å². The van der Waals surface area contributed by atoms with Crippen molar-refractivity contribution < 1.29 is 8.78 Å². The summed E-state index contributed by atoms with van der Waals surface area (Å²) in [7, 11) is 0. The molecule has 0 bridgehead atoms. The standard InChI is InChI=1S/C17H31F2N/c1-4-15-11-17(19,12-18)13-20(15)8-6-7-16(5-2)9-14(3)10-16/h14-15H,4-13H2,1-3H3/t14-,15?,16-,17?. The fraction of sp³-hybridized carbons (Fsp3) is 1.00. The van der Waals surface area contributed by atoms with Gasteiger partial charge >= 0.3 is 0 Å². The third-order valence-corrected chi connectivity index (χ3v) is 5.78. The normalized spacial score (nSPS) is 41.9. The molecule has 1 nitrogen and oxygen atoms in total. The molecule has 118 valence electrons. The number of rotatable bonds is 7. The lowest BCUT2D eigenvalue weighted by Crippen LogP contribution is -2.37. The Balaban J connectivity index is 1.78. The van der Waals surface area contributed by atoms with Crippen LogP contribution in [-0.4, -0.2) is 36.4 Å². The summed E-state index contributed by atoms with van der Waals surface area (Å²) in [6.07, 6.45) is 7.70. The molecule has 0 radical (unpaired) electrons.